The first-order chi connectivity index (χ1) is 7.61. The highest BCUT2D eigenvalue weighted by Gasteiger charge is 2.20. The van der Waals surface area contributed by atoms with Crippen molar-refractivity contribution in [2.75, 3.05) is 0 Å². The van der Waals surface area contributed by atoms with Crippen molar-refractivity contribution in [2.45, 2.75) is 31.4 Å². The molecule has 88 valence electrons. The minimum absolute atomic E-state index is 0.405. The number of aliphatic hydroxyl groups excluding tert-OH is 1. The van der Waals surface area contributed by atoms with Crippen molar-refractivity contribution in [3.8, 4) is 0 Å². The number of carboxylic acids is 1. The normalized spacial score (nSPS) is 14.4. The number of hydrogen-bond donors (Lipinski definition) is 3. The van der Waals surface area contributed by atoms with Crippen LogP contribution in [0, 0.1) is 0 Å². The van der Waals surface area contributed by atoms with Crippen LogP contribution in [0.2, 0.25) is 0 Å². The highest BCUT2D eigenvalue weighted by atomic mass is 16.4. The SMILES string of the molecule is N[C@H](C(=O)O)[C@@H](O)CCCc1ccccc1. The van der Waals surface area contributed by atoms with Crippen LogP contribution in [0.4, 0.5) is 0 Å². The van der Waals surface area contributed by atoms with Crippen molar-refractivity contribution in [1.29, 1.82) is 0 Å². The Hall–Kier alpha value is -1.39. The Morgan fingerprint density at radius 2 is 1.94 bits per heavy atom. The smallest absolute Gasteiger partial charge is 0.323 e. The number of rotatable bonds is 6. The Bertz CT molecular complexity index is 326. The summed E-state index contributed by atoms with van der Waals surface area (Å²) in [7, 11) is 0. The molecule has 0 amide bonds. The summed E-state index contributed by atoms with van der Waals surface area (Å²) in [4.78, 5) is 10.5. The first kappa shape index (κ1) is 12.7. The van der Waals surface area contributed by atoms with Gasteiger partial charge in [-0.1, -0.05) is 30.3 Å². The molecule has 4 nitrogen and oxygen atoms in total. The number of hydrogen-bond acceptors (Lipinski definition) is 3. The molecular formula is C12H17NO3. The molecule has 0 saturated heterocycles. The highest BCUT2D eigenvalue weighted by molar-refractivity contribution is 5.73. The Kier molecular flexibility index (Phi) is 4.95. The summed E-state index contributed by atoms with van der Waals surface area (Å²) in [6.07, 6.45) is 0.986. The number of benzene rings is 1. The molecule has 0 fully saturated rings. The van der Waals surface area contributed by atoms with Crippen LogP contribution >= 0.6 is 0 Å². The fourth-order valence-corrected chi connectivity index (χ4v) is 1.50. The standard InChI is InChI=1S/C12H17NO3/c13-11(12(15)16)10(14)8-4-7-9-5-2-1-3-6-9/h1-3,5-6,10-11,14H,4,7-8,13H2,(H,15,16)/t10-,11-/m0/s1. The van der Waals surface area contributed by atoms with Gasteiger partial charge >= 0.3 is 5.97 Å². The zero-order chi connectivity index (χ0) is 12.0. The average Bonchev–Trinajstić information content (AvgIpc) is 2.29. The van der Waals surface area contributed by atoms with E-state index >= 15 is 0 Å². The number of aryl methyl sites for hydroxylation is 1. The Labute approximate surface area is 94.7 Å². The summed E-state index contributed by atoms with van der Waals surface area (Å²) in [5.74, 6) is -1.16. The number of aliphatic carboxylic acids is 1. The lowest BCUT2D eigenvalue weighted by atomic mass is 10.0. The molecule has 0 spiro atoms. The molecule has 0 radical (unpaired) electrons. The number of carboxylic acid groups (broad SMARTS) is 1. The van der Waals surface area contributed by atoms with E-state index in [0.717, 1.165) is 12.8 Å². The second-order valence-corrected chi connectivity index (χ2v) is 3.81. The summed E-state index contributed by atoms with van der Waals surface area (Å²) < 4.78 is 0. The van der Waals surface area contributed by atoms with Crippen LogP contribution in [0.25, 0.3) is 0 Å². The van der Waals surface area contributed by atoms with E-state index in [1.807, 2.05) is 30.3 Å². The minimum atomic E-state index is -1.18. The third-order valence-electron chi connectivity index (χ3n) is 2.51. The molecule has 0 saturated carbocycles. The van der Waals surface area contributed by atoms with Crippen LogP contribution in [0.15, 0.2) is 30.3 Å². The lowest BCUT2D eigenvalue weighted by molar-refractivity contribution is -0.141. The third-order valence-corrected chi connectivity index (χ3v) is 2.51. The number of nitrogens with two attached hydrogens (primary N) is 1. The molecule has 0 aliphatic rings. The fraction of sp³-hybridized carbons (Fsp3) is 0.417. The summed E-state index contributed by atoms with van der Waals surface area (Å²) in [5, 5.41) is 18.0. The summed E-state index contributed by atoms with van der Waals surface area (Å²) in [6, 6.07) is 8.67. The van der Waals surface area contributed by atoms with Crippen LogP contribution in [-0.2, 0) is 11.2 Å². The predicted molar refractivity (Wildman–Crippen MR) is 61.0 cm³/mol. The molecule has 0 aliphatic heterocycles. The van der Waals surface area contributed by atoms with Gasteiger partial charge in [0.05, 0.1) is 6.10 Å². The second-order valence-electron chi connectivity index (χ2n) is 3.81. The predicted octanol–water partition coefficient (Wildman–Crippen LogP) is 0.782. The van der Waals surface area contributed by atoms with Gasteiger partial charge in [-0.25, -0.2) is 0 Å². The number of aliphatic hydroxyl groups is 1. The molecule has 1 aromatic carbocycles. The quantitative estimate of drug-likeness (QED) is 0.665. The molecule has 0 unspecified atom stereocenters. The maximum absolute atomic E-state index is 10.5. The van der Waals surface area contributed by atoms with Gasteiger partial charge in [-0.15, -0.1) is 0 Å². The van der Waals surface area contributed by atoms with Gasteiger partial charge in [-0.2, -0.15) is 0 Å². The topological polar surface area (TPSA) is 83.6 Å². The molecule has 16 heavy (non-hydrogen) atoms. The van der Waals surface area contributed by atoms with Crippen molar-refractivity contribution in [3.63, 3.8) is 0 Å². The fourth-order valence-electron chi connectivity index (χ4n) is 1.50. The van der Waals surface area contributed by atoms with E-state index in [9.17, 15) is 9.90 Å². The van der Waals surface area contributed by atoms with Crippen LogP contribution in [-0.4, -0.2) is 28.3 Å². The lowest BCUT2D eigenvalue weighted by Crippen LogP contribution is -2.41. The van der Waals surface area contributed by atoms with Gasteiger partial charge in [0, 0.05) is 0 Å². The van der Waals surface area contributed by atoms with E-state index < -0.39 is 18.1 Å². The average molecular weight is 223 g/mol. The van der Waals surface area contributed by atoms with Crippen LogP contribution < -0.4 is 5.73 Å². The van der Waals surface area contributed by atoms with Crippen molar-refractivity contribution >= 4 is 5.97 Å². The summed E-state index contributed by atoms with van der Waals surface area (Å²) >= 11 is 0. The van der Waals surface area contributed by atoms with Crippen molar-refractivity contribution < 1.29 is 15.0 Å². The molecule has 4 N–H and O–H groups in total. The molecule has 1 rings (SSSR count). The maximum Gasteiger partial charge on any atom is 0.323 e. The molecule has 0 aromatic heterocycles. The molecular weight excluding hydrogens is 206 g/mol. The Morgan fingerprint density at radius 3 is 2.50 bits per heavy atom. The molecule has 0 heterocycles. The third kappa shape index (κ3) is 4.00. The molecule has 0 bridgehead atoms. The molecule has 0 aliphatic carbocycles. The van der Waals surface area contributed by atoms with Crippen molar-refractivity contribution in [1.82, 2.24) is 0 Å². The molecule has 1 aromatic rings. The molecule has 2 atom stereocenters. The Morgan fingerprint density at radius 1 is 1.31 bits per heavy atom. The van der Waals surface area contributed by atoms with Crippen molar-refractivity contribution in [2.24, 2.45) is 5.73 Å². The van der Waals surface area contributed by atoms with E-state index in [4.69, 9.17) is 10.8 Å². The summed E-state index contributed by atoms with van der Waals surface area (Å²) in [5.41, 5.74) is 6.47. The number of carbonyl (C=O) groups is 1. The first-order valence-electron chi connectivity index (χ1n) is 5.31. The Balaban J connectivity index is 2.28. The highest BCUT2D eigenvalue weighted by Crippen LogP contribution is 2.08. The van der Waals surface area contributed by atoms with Crippen LogP contribution in [0.3, 0.4) is 0 Å². The van der Waals surface area contributed by atoms with E-state index in [1.165, 1.54) is 5.56 Å². The maximum atomic E-state index is 10.5. The van der Waals surface area contributed by atoms with Crippen LogP contribution in [0.5, 0.6) is 0 Å². The van der Waals surface area contributed by atoms with E-state index in [-0.39, 0.29) is 0 Å². The minimum Gasteiger partial charge on any atom is -0.480 e. The van der Waals surface area contributed by atoms with Gasteiger partial charge < -0.3 is 15.9 Å². The van der Waals surface area contributed by atoms with Gasteiger partial charge in [0.25, 0.3) is 0 Å². The largest absolute Gasteiger partial charge is 0.480 e. The van der Waals surface area contributed by atoms with E-state index in [2.05, 4.69) is 0 Å². The van der Waals surface area contributed by atoms with Gasteiger partial charge in [0.1, 0.15) is 6.04 Å². The van der Waals surface area contributed by atoms with E-state index in [0.29, 0.717) is 6.42 Å². The first-order valence-corrected chi connectivity index (χ1v) is 5.31. The molecule has 4 heteroatoms. The van der Waals surface area contributed by atoms with Crippen LogP contribution in [0.1, 0.15) is 18.4 Å². The second kappa shape index (κ2) is 6.25. The monoisotopic (exact) mass is 223 g/mol. The van der Waals surface area contributed by atoms with Gasteiger partial charge in [0.2, 0.25) is 0 Å². The van der Waals surface area contributed by atoms with Gasteiger partial charge in [-0.05, 0) is 24.8 Å². The van der Waals surface area contributed by atoms with Gasteiger partial charge in [0.15, 0.2) is 0 Å². The zero-order valence-electron chi connectivity index (χ0n) is 9.04. The zero-order valence-corrected chi connectivity index (χ0v) is 9.04. The lowest BCUT2D eigenvalue weighted by Gasteiger charge is -2.14. The van der Waals surface area contributed by atoms with Crippen molar-refractivity contribution in [3.05, 3.63) is 35.9 Å². The summed E-state index contributed by atoms with van der Waals surface area (Å²) in [6.45, 7) is 0. The van der Waals surface area contributed by atoms with E-state index in [1.54, 1.807) is 0 Å². The van der Waals surface area contributed by atoms with Gasteiger partial charge in [-0.3, -0.25) is 4.79 Å².